The van der Waals surface area contributed by atoms with E-state index in [1.54, 1.807) is 0 Å². The maximum absolute atomic E-state index is 11.2. The van der Waals surface area contributed by atoms with Crippen LogP contribution in [0, 0.1) is 0 Å². The highest BCUT2D eigenvalue weighted by molar-refractivity contribution is 5.63. The number of rotatable bonds is 2. The van der Waals surface area contributed by atoms with Gasteiger partial charge < -0.3 is 9.47 Å². The Kier molecular flexibility index (Phi) is 2.87. The molecule has 0 unspecified atom stereocenters. The van der Waals surface area contributed by atoms with Gasteiger partial charge in [-0.1, -0.05) is 0 Å². The van der Waals surface area contributed by atoms with Crippen molar-refractivity contribution in [2.45, 2.75) is 38.5 Å². The van der Waals surface area contributed by atoms with Gasteiger partial charge in [0.25, 0.3) is 0 Å². The molecule has 0 fully saturated rings. The monoisotopic (exact) mass is 194 g/mol. The van der Waals surface area contributed by atoms with E-state index < -0.39 is 6.16 Å². The Bertz CT molecular complexity index is 261. The molecule has 2 rings (SSSR count). The molecular formula is C11H14O3. The molecule has 0 saturated heterocycles. The molecule has 0 amide bonds. The number of carbonyl (C=O) groups excluding carboxylic acids is 1. The van der Waals surface area contributed by atoms with Crippen molar-refractivity contribution in [1.29, 1.82) is 0 Å². The molecule has 0 bridgehead atoms. The van der Waals surface area contributed by atoms with Crippen LogP contribution in [0.4, 0.5) is 4.79 Å². The summed E-state index contributed by atoms with van der Waals surface area (Å²) in [5, 5.41) is 0. The summed E-state index contributed by atoms with van der Waals surface area (Å²) in [5.41, 5.74) is 0. The van der Waals surface area contributed by atoms with E-state index in [2.05, 4.69) is 0 Å². The highest BCUT2D eigenvalue weighted by Gasteiger charge is 2.15. The Morgan fingerprint density at radius 1 is 1.00 bits per heavy atom. The smallest absolute Gasteiger partial charge is 0.400 e. The number of hydrogen-bond donors (Lipinski definition) is 0. The van der Waals surface area contributed by atoms with Crippen LogP contribution in [0.1, 0.15) is 38.5 Å². The Hall–Kier alpha value is -1.25. The molecule has 0 spiro atoms. The van der Waals surface area contributed by atoms with Crippen molar-refractivity contribution in [1.82, 2.24) is 0 Å². The second-order valence-electron chi connectivity index (χ2n) is 3.58. The fraction of sp³-hybridized carbons (Fsp3) is 0.545. The summed E-state index contributed by atoms with van der Waals surface area (Å²) in [4.78, 5) is 11.2. The zero-order valence-electron chi connectivity index (χ0n) is 8.12. The highest BCUT2D eigenvalue weighted by Crippen LogP contribution is 2.22. The van der Waals surface area contributed by atoms with E-state index in [0.717, 1.165) is 50.0 Å². The molecule has 76 valence electrons. The van der Waals surface area contributed by atoms with Gasteiger partial charge in [-0.2, -0.15) is 0 Å². The Morgan fingerprint density at radius 2 is 1.50 bits per heavy atom. The van der Waals surface area contributed by atoms with Gasteiger partial charge in [0.15, 0.2) is 0 Å². The van der Waals surface area contributed by atoms with Crippen LogP contribution >= 0.6 is 0 Å². The molecule has 14 heavy (non-hydrogen) atoms. The first kappa shape index (κ1) is 9.31. The number of carbonyl (C=O) groups is 1. The predicted molar refractivity (Wildman–Crippen MR) is 51.4 cm³/mol. The highest BCUT2D eigenvalue weighted by atomic mass is 16.7. The molecule has 0 aromatic heterocycles. The minimum atomic E-state index is -0.577. The predicted octanol–water partition coefficient (Wildman–Crippen LogP) is 3.28. The molecule has 3 nitrogen and oxygen atoms in total. The fourth-order valence-electron chi connectivity index (χ4n) is 1.70. The van der Waals surface area contributed by atoms with Crippen LogP contribution in [-0.4, -0.2) is 6.16 Å². The van der Waals surface area contributed by atoms with Crippen LogP contribution in [0.2, 0.25) is 0 Å². The largest absolute Gasteiger partial charge is 0.518 e. The van der Waals surface area contributed by atoms with Gasteiger partial charge in [-0.25, -0.2) is 4.79 Å². The van der Waals surface area contributed by atoms with Crippen molar-refractivity contribution in [2.75, 3.05) is 0 Å². The summed E-state index contributed by atoms with van der Waals surface area (Å²) in [6.07, 6.45) is 9.19. The standard InChI is InChI=1S/C11H14O3/c12-11(13-9-5-1-2-6-9)14-10-7-3-4-8-10/h5,7H,1-4,6,8H2. The van der Waals surface area contributed by atoms with E-state index in [9.17, 15) is 4.79 Å². The lowest BCUT2D eigenvalue weighted by Gasteiger charge is -2.05. The average molecular weight is 194 g/mol. The van der Waals surface area contributed by atoms with Crippen LogP contribution in [0.15, 0.2) is 23.7 Å². The molecule has 0 heterocycles. The fourth-order valence-corrected chi connectivity index (χ4v) is 1.70. The summed E-state index contributed by atoms with van der Waals surface area (Å²) in [7, 11) is 0. The molecule has 0 aliphatic heterocycles. The zero-order chi connectivity index (χ0) is 9.80. The first-order valence-electron chi connectivity index (χ1n) is 5.12. The van der Waals surface area contributed by atoms with Gasteiger partial charge in [0, 0.05) is 12.8 Å². The third-order valence-corrected chi connectivity index (χ3v) is 2.43. The first-order valence-corrected chi connectivity index (χ1v) is 5.12. The molecule has 3 heteroatoms. The summed E-state index contributed by atoms with van der Waals surface area (Å²) in [5.74, 6) is 1.52. The topological polar surface area (TPSA) is 35.5 Å². The van der Waals surface area contributed by atoms with Crippen molar-refractivity contribution in [3.63, 3.8) is 0 Å². The Morgan fingerprint density at radius 3 is 1.86 bits per heavy atom. The third kappa shape index (κ3) is 2.37. The molecule has 0 aromatic carbocycles. The summed E-state index contributed by atoms with van der Waals surface area (Å²) in [6.45, 7) is 0. The van der Waals surface area contributed by atoms with Crippen molar-refractivity contribution in [3.8, 4) is 0 Å². The number of hydrogen-bond acceptors (Lipinski definition) is 3. The molecule has 0 saturated carbocycles. The van der Waals surface area contributed by atoms with Crippen LogP contribution in [0.3, 0.4) is 0 Å². The van der Waals surface area contributed by atoms with Crippen molar-refractivity contribution >= 4 is 6.16 Å². The normalized spacial score (nSPS) is 20.3. The molecule has 2 aliphatic carbocycles. The number of allylic oxidation sites excluding steroid dienone is 4. The van der Waals surface area contributed by atoms with Gasteiger partial charge in [-0.15, -0.1) is 0 Å². The lowest BCUT2D eigenvalue weighted by Crippen LogP contribution is -2.05. The lowest BCUT2D eigenvalue weighted by atomic mass is 10.4. The maximum Gasteiger partial charge on any atom is 0.518 e. The minimum absolute atomic E-state index is 0.577. The molecule has 0 atom stereocenters. The third-order valence-electron chi connectivity index (χ3n) is 2.43. The van der Waals surface area contributed by atoms with Gasteiger partial charge in [0.05, 0.1) is 0 Å². The molecule has 0 N–H and O–H groups in total. The van der Waals surface area contributed by atoms with Gasteiger partial charge >= 0.3 is 6.16 Å². The van der Waals surface area contributed by atoms with Crippen molar-refractivity contribution in [2.24, 2.45) is 0 Å². The summed E-state index contributed by atoms with van der Waals surface area (Å²) in [6, 6.07) is 0. The van der Waals surface area contributed by atoms with E-state index in [1.807, 2.05) is 12.2 Å². The molecule has 2 aliphatic rings. The van der Waals surface area contributed by atoms with E-state index in [-0.39, 0.29) is 0 Å². The SMILES string of the molecule is O=C(OC1=CCCC1)OC1=CCCC1. The summed E-state index contributed by atoms with van der Waals surface area (Å²) >= 11 is 0. The second-order valence-corrected chi connectivity index (χ2v) is 3.58. The second kappa shape index (κ2) is 4.31. The van der Waals surface area contributed by atoms with Gasteiger partial charge in [0.1, 0.15) is 11.5 Å². The number of ether oxygens (including phenoxy) is 2. The minimum Gasteiger partial charge on any atom is -0.400 e. The van der Waals surface area contributed by atoms with E-state index in [0.29, 0.717) is 0 Å². The van der Waals surface area contributed by atoms with Crippen molar-refractivity contribution < 1.29 is 14.3 Å². The average Bonchev–Trinajstić information content (AvgIpc) is 2.76. The Balaban J connectivity index is 1.78. The van der Waals surface area contributed by atoms with Crippen LogP contribution < -0.4 is 0 Å². The molecular weight excluding hydrogens is 180 g/mol. The maximum atomic E-state index is 11.2. The van der Waals surface area contributed by atoms with E-state index in [4.69, 9.17) is 9.47 Å². The Labute approximate surface area is 83.4 Å². The zero-order valence-corrected chi connectivity index (χ0v) is 8.12. The quantitative estimate of drug-likeness (QED) is 0.633. The molecule has 0 aromatic rings. The van der Waals surface area contributed by atoms with E-state index >= 15 is 0 Å². The van der Waals surface area contributed by atoms with Gasteiger partial charge in [0.2, 0.25) is 0 Å². The van der Waals surface area contributed by atoms with Crippen molar-refractivity contribution in [3.05, 3.63) is 23.7 Å². The summed E-state index contributed by atoms with van der Waals surface area (Å²) < 4.78 is 10.1. The molecule has 0 radical (unpaired) electrons. The lowest BCUT2D eigenvalue weighted by molar-refractivity contribution is 0.0990. The van der Waals surface area contributed by atoms with Crippen LogP contribution in [-0.2, 0) is 9.47 Å². The van der Waals surface area contributed by atoms with Crippen LogP contribution in [0.25, 0.3) is 0 Å². The van der Waals surface area contributed by atoms with Gasteiger partial charge in [-0.3, -0.25) is 0 Å². The van der Waals surface area contributed by atoms with Gasteiger partial charge in [-0.05, 0) is 37.8 Å². The van der Waals surface area contributed by atoms with E-state index in [1.165, 1.54) is 0 Å². The van der Waals surface area contributed by atoms with Crippen LogP contribution in [0.5, 0.6) is 0 Å². The first-order chi connectivity index (χ1) is 6.84.